The quantitative estimate of drug-likeness (QED) is 0.190. The number of benzene rings is 3. The second kappa shape index (κ2) is 10.5. The van der Waals surface area contributed by atoms with Crippen LogP contribution in [0.5, 0.6) is 11.5 Å². The number of ether oxygens (including phenoxy) is 2. The van der Waals surface area contributed by atoms with E-state index in [2.05, 4.69) is 10.5 Å². The van der Waals surface area contributed by atoms with Gasteiger partial charge in [-0.15, -0.1) is 0 Å². The summed E-state index contributed by atoms with van der Waals surface area (Å²) in [5, 5.41) is 14.6. The highest BCUT2D eigenvalue weighted by atomic mass is 16.6. The van der Waals surface area contributed by atoms with Gasteiger partial charge < -0.3 is 9.47 Å². The van der Waals surface area contributed by atoms with Crippen LogP contribution in [0.25, 0.3) is 0 Å². The molecule has 0 aliphatic heterocycles. The normalized spacial score (nSPS) is 10.5. The SMILES string of the molecule is Cc1cccc(OCC(=O)N/N=C/c2cccc(OC(=O)c3ccc([N+](=O)[O-])cc3)c2)c1. The van der Waals surface area contributed by atoms with Gasteiger partial charge >= 0.3 is 5.97 Å². The van der Waals surface area contributed by atoms with E-state index in [1.165, 1.54) is 30.5 Å². The molecule has 3 rings (SSSR count). The van der Waals surface area contributed by atoms with E-state index >= 15 is 0 Å². The fraction of sp³-hybridized carbons (Fsp3) is 0.0870. The van der Waals surface area contributed by atoms with Crippen LogP contribution < -0.4 is 14.9 Å². The molecule has 0 fully saturated rings. The smallest absolute Gasteiger partial charge is 0.343 e. The van der Waals surface area contributed by atoms with Crippen LogP contribution in [-0.4, -0.2) is 29.6 Å². The lowest BCUT2D eigenvalue weighted by molar-refractivity contribution is -0.384. The van der Waals surface area contributed by atoms with Crippen LogP contribution in [0.2, 0.25) is 0 Å². The number of nitrogens with one attached hydrogen (secondary N) is 1. The fourth-order valence-corrected chi connectivity index (χ4v) is 2.61. The van der Waals surface area contributed by atoms with Gasteiger partial charge in [-0.05, 0) is 54.4 Å². The van der Waals surface area contributed by atoms with Crippen LogP contribution in [0.15, 0.2) is 77.9 Å². The molecule has 0 saturated carbocycles. The number of nitrogens with zero attached hydrogens (tertiary/aromatic N) is 2. The van der Waals surface area contributed by atoms with Crippen molar-refractivity contribution in [1.29, 1.82) is 0 Å². The Morgan fingerprint density at radius 1 is 1.03 bits per heavy atom. The molecule has 0 aliphatic carbocycles. The van der Waals surface area contributed by atoms with Crippen LogP contribution >= 0.6 is 0 Å². The van der Waals surface area contributed by atoms with Crippen LogP contribution in [0.1, 0.15) is 21.5 Å². The summed E-state index contributed by atoms with van der Waals surface area (Å²) in [6.45, 7) is 1.74. The number of hydrogen-bond donors (Lipinski definition) is 1. The summed E-state index contributed by atoms with van der Waals surface area (Å²) < 4.78 is 10.7. The Balaban J connectivity index is 1.52. The molecule has 1 N–H and O–H groups in total. The van der Waals surface area contributed by atoms with Crippen molar-refractivity contribution >= 4 is 23.8 Å². The highest BCUT2D eigenvalue weighted by molar-refractivity contribution is 5.91. The highest BCUT2D eigenvalue weighted by Gasteiger charge is 2.11. The molecular formula is C23H19N3O6. The van der Waals surface area contributed by atoms with Crippen LogP contribution in [0.4, 0.5) is 5.69 Å². The lowest BCUT2D eigenvalue weighted by atomic mass is 10.2. The van der Waals surface area contributed by atoms with Gasteiger partial charge in [-0.2, -0.15) is 5.10 Å². The standard InChI is InChI=1S/C23H19N3O6/c1-16-4-2-6-20(12-16)31-15-22(27)25-24-14-17-5-3-7-21(13-17)32-23(28)18-8-10-19(11-9-18)26(29)30/h2-14H,15H2,1H3,(H,25,27)/b24-14+. The first-order valence-electron chi connectivity index (χ1n) is 9.49. The molecule has 9 heteroatoms. The number of rotatable bonds is 8. The van der Waals surface area contributed by atoms with E-state index in [1.54, 1.807) is 30.3 Å². The Morgan fingerprint density at radius 2 is 1.75 bits per heavy atom. The Bertz CT molecular complexity index is 1160. The Kier molecular flexibility index (Phi) is 7.26. The number of hydrogen-bond acceptors (Lipinski definition) is 7. The second-order valence-electron chi connectivity index (χ2n) is 6.66. The molecule has 162 valence electrons. The summed E-state index contributed by atoms with van der Waals surface area (Å²) in [5.74, 6) is -0.239. The van der Waals surface area contributed by atoms with E-state index in [9.17, 15) is 19.7 Å². The van der Waals surface area contributed by atoms with Crippen molar-refractivity contribution in [3.8, 4) is 11.5 Å². The first-order valence-corrected chi connectivity index (χ1v) is 9.49. The molecule has 0 atom stereocenters. The van der Waals surface area contributed by atoms with Gasteiger partial charge in [-0.25, -0.2) is 10.2 Å². The number of esters is 1. The highest BCUT2D eigenvalue weighted by Crippen LogP contribution is 2.17. The molecular weight excluding hydrogens is 414 g/mol. The molecule has 0 saturated heterocycles. The molecule has 0 radical (unpaired) electrons. The molecule has 0 aromatic heterocycles. The van der Waals surface area contributed by atoms with Crippen molar-refractivity contribution in [2.75, 3.05) is 6.61 Å². The predicted octanol–water partition coefficient (Wildman–Crippen LogP) is 3.65. The number of carbonyl (C=O) groups excluding carboxylic acids is 2. The van der Waals surface area contributed by atoms with Gasteiger partial charge in [0, 0.05) is 12.1 Å². The van der Waals surface area contributed by atoms with Crippen molar-refractivity contribution in [1.82, 2.24) is 5.43 Å². The van der Waals surface area contributed by atoms with E-state index in [4.69, 9.17) is 9.47 Å². The van der Waals surface area contributed by atoms with Crippen LogP contribution in [0, 0.1) is 17.0 Å². The molecule has 0 heterocycles. The minimum absolute atomic E-state index is 0.119. The van der Waals surface area contributed by atoms with Crippen LogP contribution in [0.3, 0.4) is 0 Å². The minimum Gasteiger partial charge on any atom is -0.484 e. The summed E-state index contributed by atoms with van der Waals surface area (Å²) in [6.07, 6.45) is 1.40. The zero-order valence-corrected chi connectivity index (χ0v) is 17.1. The summed E-state index contributed by atoms with van der Waals surface area (Å²) >= 11 is 0. The van der Waals surface area contributed by atoms with Crippen LogP contribution in [-0.2, 0) is 4.79 Å². The van der Waals surface area contributed by atoms with Gasteiger partial charge in [-0.3, -0.25) is 14.9 Å². The number of hydrazone groups is 1. The number of carbonyl (C=O) groups is 2. The first-order chi connectivity index (χ1) is 15.4. The summed E-state index contributed by atoms with van der Waals surface area (Å²) in [6, 6.07) is 18.9. The Hall–Kier alpha value is -4.53. The molecule has 1 amide bonds. The first kappa shape index (κ1) is 22.2. The third kappa shape index (κ3) is 6.49. The summed E-state index contributed by atoms with van der Waals surface area (Å²) in [7, 11) is 0. The van der Waals surface area contributed by atoms with Gasteiger partial charge in [0.15, 0.2) is 6.61 Å². The van der Waals surface area contributed by atoms with E-state index in [1.807, 2.05) is 25.1 Å². The summed E-state index contributed by atoms with van der Waals surface area (Å²) in [4.78, 5) is 34.2. The zero-order chi connectivity index (χ0) is 22.9. The van der Waals surface area contributed by atoms with Gasteiger partial charge in [0.1, 0.15) is 11.5 Å². The Morgan fingerprint density at radius 3 is 2.47 bits per heavy atom. The van der Waals surface area contributed by atoms with E-state index < -0.39 is 16.8 Å². The van der Waals surface area contributed by atoms with Gasteiger partial charge in [0.05, 0.1) is 16.7 Å². The van der Waals surface area contributed by atoms with Crippen molar-refractivity contribution < 1.29 is 24.0 Å². The van der Waals surface area contributed by atoms with E-state index in [-0.39, 0.29) is 23.6 Å². The third-order valence-electron chi connectivity index (χ3n) is 4.14. The fourth-order valence-electron chi connectivity index (χ4n) is 2.61. The van der Waals surface area contributed by atoms with E-state index in [0.717, 1.165) is 5.56 Å². The molecule has 0 unspecified atom stereocenters. The minimum atomic E-state index is -0.657. The maximum Gasteiger partial charge on any atom is 0.343 e. The lowest BCUT2D eigenvalue weighted by Crippen LogP contribution is -2.24. The molecule has 3 aromatic carbocycles. The van der Waals surface area contributed by atoms with Crippen molar-refractivity contribution in [3.05, 3.63) is 99.6 Å². The topological polar surface area (TPSA) is 120 Å². The number of aryl methyl sites for hydroxylation is 1. The van der Waals surface area contributed by atoms with E-state index in [0.29, 0.717) is 11.3 Å². The molecule has 9 nitrogen and oxygen atoms in total. The molecule has 32 heavy (non-hydrogen) atoms. The average molecular weight is 433 g/mol. The molecule has 0 bridgehead atoms. The predicted molar refractivity (Wildman–Crippen MR) is 117 cm³/mol. The van der Waals surface area contributed by atoms with Crippen molar-refractivity contribution in [3.63, 3.8) is 0 Å². The third-order valence-corrected chi connectivity index (χ3v) is 4.14. The number of amides is 1. The second-order valence-corrected chi connectivity index (χ2v) is 6.66. The largest absolute Gasteiger partial charge is 0.484 e. The molecule has 0 spiro atoms. The van der Waals surface area contributed by atoms with Crippen molar-refractivity contribution in [2.45, 2.75) is 6.92 Å². The molecule has 0 aliphatic rings. The number of nitro benzene ring substituents is 1. The van der Waals surface area contributed by atoms with Gasteiger partial charge in [-0.1, -0.05) is 24.3 Å². The van der Waals surface area contributed by atoms with Gasteiger partial charge in [0.25, 0.3) is 11.6 Å². The monoisotopic (exact) mass is 433 g/mol. The zero-order valence-electron chi connectivity index (χ0n) is 17.1. The number of non-ortho nitro benzene ring substituents is 1. The molecule has 3 aromatic rings. The Labute approximate surface area is 183 Å². The lowest BCUT2D eigenvalue weighted by Gasteiger charge is -2.06. The van der Waals surface area contributed by atoms with Crippen molar-refractivity contribution in [2.24, 2.45) is 5.10 Å². The average Bonchev–Trinajstić information content (AvgIpc) is 2.78. The maximum atomic E-state index is 12.2. The number of nitro groups is 1. The maximum absolute atomic E-state index is 12.2. The summed E-state index contributed by atoms with van der Waals surface area (Å²) in [5.41, 5.74) is 4.02. The van der Waals surface area contributed by atoms with Gasteiger partial charge in [0.2, 0.25) is 0 Å².